The zero-order valence-corrected chi connectivity index (χ0v) is 10.8. The molecule has 5 nitrogen and oxygen atoms in total. The molecule has 0 saturated heterocycles. The number of H-pyrrole nitrogens is 1. The molecule has 0 aliphatic carbocycles. The van der Waals surface area contributed by atoms with Gasteiger partial charge in [-0.05, 0) is 24.3 Å². The number of aromatic amines is 1. The van der Waals surface area contributed by atoms with E-state index in [0.717, 1.165) is 0 Å². The van der Waals surface area contributed by atoms with Crippen LogP contribution in [0.25, 0.3) is 22.2 Å². The molecule has 0 atom stereocenters. The van der Waals surface area contributed by atoms with Crippen molar-refractivity contribution in [3.63, 3.8) is 0 Å². The maximum absolute atomic E-state index is 12.2. The summed E-state index contributed by atoms with van der Waals surface area (Å²) in [6.45, 7) is 0. The molecule has 8 heteroatoms. The number of rotatable bonds is 2. The first-order chi connectivity index (χ1) is 10.5. The average molecular weight is 304 g/mol. The van der Waals surface area contributed by atoms with Gasteiger partial charge in [-0.15, -0.1) is 13.2 Å². The van der Waals surface area contributed by atoms with Gasteiger partial charge >= 0.3 is 6.36 Å². The molecular formula is C14H7F3N4O. The third-order valence-electron chi connectivity index (χ3n) is 2.92. The van der Waals surface area contributed by atoms with Crippen molar-refractivity contribution in [3.05, 3.63) is 42.2 Å². The first-order valence-corrected chi connectivity index (χ1v) is 6.07. The van der Waals surface area contributed by atoms with Crippen molar-refractivity contribution >= 4 is 10.9 Å². The number of halogens is 3. The van der Waals surface area contributed by atoms with Crippen LogP contribution in [0.1, 0.15) is 5.69 Å². The lowest BCUT2D eigenvalue weighted by Gasteiger charge is -2.08. The molecule has 0 bridgehead atoms. The van der Waals surface area contributed by atoms with E-state index in [1.165, 1.54) is 30.5 Å². The molecule has 1 N–H and O–H groups in total. The number of nitriles is 1. The van der Waals surface area contributed by atoms with E-state index in [9.17, 15) is 13.2 Å². The van der Waals surface area contributed by atoms with Crippen LogP contribution in [0.5, 0.6) is 5.75 Å². The van der Waals surface area contributed by atoms with Crippen molar-refractivity contribution in [2.24, 2.45) is 0 Å². The predicted molar refractivity (Wildman–Crippen MR) is 70.7 cm³/mol. The second-order valence-corrected chi connectivity index (χ2v) is 4.37. The molecular weight excluding hydrogens is 297 g/mol. The Hall–Kier alpha value is -3.08. The third-order valence-corrected chi connectivity index (χ3v) is 2.92. The molecule has 0 saturated carbocycles. The zero-order chi connectivity index (χ0) is 15.7. The summed E-state index contributed by atoms with van der Waals surface area (Å²) in [5, 5.41) is 16.1. The molecule has 0 fully saturated rings. The van der Waals surface area contributed by atoms with Gasteiger partial charge in [-0.1, -0.05) is 0 Å². The summed E-state index contributed by atoms with van der Waals surface area (Å²) in [6.07, 6.45) is -3.26. The van der Waals surface area contributed by atoms with Crippen molar-refractivity contribution in [2.75, 3.05) is 0 Å². The summed E-state index contributed by atoms with van der Waals surface area (Å²) in [4.78, 5) is 3.94. The van der Waals surface area contributed by atoms with Crippen LogP contribution in [0.3, 0.4) is 0 Å². The molecule has 3 rings (SSSR count). The number of benzene rings is 1. The molecule has 0 spiro atoms. The quantitative estimate of drug-likeness (QED) is 0.787. The number of hydrogen-bond acceptors (Lipinski definition) is 4. The van der Waals surface area contributed by atoms with Crippen molar-refractivity contribution in [1.82, 2.24) is 15.2 Å². The highest BCUT2D eigenvalue weighted by molar-refractivity contribution is 5.93. The maximum Gasteiger partial charge on any atom is 0.573 e. The minimum absolute atomic E-state index is 0.268. The smallest absolute Gasteiger partial charge is 0.406 e. The molecule has 22 heavy (non-hydrogen) atoms. The standard InChI is InChI=1S/C14H7F3N4O/c15-14(16,17)22-10-3-4-11-12(5-10)20-21-13(11)8-1-2-9(6-18)19-7-8/h1-5,7H,(H,20,21). The predicted octanol–water partition coefficient (Wildman–Crippen LogP) is 3.40. The Labute approximate surface area is 122 Å². The largest absolute Gasteiger partial charge is 0.573 e. The molecule has 3 aromatic rings. The third kappa shape index (κ3) is 2.69. The summed E-state index contributed by atoms with van der Waals surface area (Å²) >= 11 is 0. The first-order valence-electron chi connectivity index (χ1n) is 6.07. The average Bonchev–Trinajstić information content (AvgIpc) is 2.88. The van der Waals surface area contributed by atoms with E-state index < -0.39 is 6.36 Å². The second-order valence-electron chi connectivity index (χ2n) is 4.37. The van der Waals surface area contributed by atoms with Gasteiger partial charge in [-0.2, -0.15) is 10.4 Å². The molecule has 0 amide bonds. The monoisotopic (exact) mass is 304 g/mol. The van der Waals surface area contributed by atoms with Gasteiger partial charge in [0, 0.05) is 23.2 Å². The van der Waals surface area contributed by atoms with Gasteiger partial charge < -0.3 is 4.74 Å². The van der Waals surface area contributed by atoms with Crippen LogP contribution in [0, 0.1) is 11.3 Å². The van der Waals surface area contributed by atoms with E-state index in [1.807, 2.05) is 6.07 Å². The number of fused-ring (bicyclic) bond motifs is 1. The van der Waals surface area contributed by atoms with E-state index in [2.05, 4.69) is 19.9 Å². The normalized spacial score (nSPS) is 11.4. The molecule has 0 unspecified atom stereocenters. The van der Waals surface area contributed by atoms with Crippen LogP contribution in [-0.2, 0) is 0 Å². The van der Waals surface area contributed by atoms with Gasteiger partial charge in [0.05, 0.1) is 5.52 Å². The van der Waals surface area contributed by atoms with E-state index >= 15 is 0 Å². The summed E-state index contributed by atoms with van der Waals surface area (Å²) in [5.74, 6) is -0.326. The number of alkyl halides is 3. The van der Waals surface area contributed by atoms with Crippen LogP contribution in [0.4, 0.5) is 13.2 Å². The van der Waals surface area contributed by atoms with Gasteiger partial charge in [0.15, 0.2) is 0 Å². The van der Waals surface area contributed by atoms with Crippen molar-refractivity contribution in [1.29, 1.82) is 5.26 Å². The Bertz CT molecular complexity index is 862. The van der Waals surface area contributed by atoms with E-state index in [-0.39, 0.29) is 11.4 Å². The summed E-state index contributed by atoms with van der Waals surface area (Å²) in [6, 6.07) is 9.02. The van der Waals surface area contributed by atoms with E-state index in [4.69, 9.17) is 5.26 Å². The fourth-order valence-electron chi connectivity index (χ4n) is 2.02. The van der Waals surface area contributed by atoms with Gasteiger partial charge in [0.2, 0.25) is 0 Å². The van der Waals surface area contributed by atoms with Crippen LogP contribution in [-0.4, -0.2) is 21.5 Å². The van der Waals surface area contributed by atoms with E-state index in [1.54, 1.807) is 6.07 Å². The van der Waals surface area contributed by atoms with Crippen LogP contribution >= 0.6 is 0 Å². The van der Waals surface area contributed by atoms with E-state index in [0.29, 0.717) is 22.2 Å². The molecule has 110 valence electrons. The lowest BCUT2D eigenvalue weighted by atomic mass is 10.1. The highest BCUT2D eigenvalue weighted by atomic mass is 19.4. The lowest BCUT2D eigenvalue weighted by molar-refractivity contribution is -0.274. The summed E-state index contributed by atoms with van der Waals surface area (Å²) in [5.41, 5.74) is 1.85. The Morgan fingerprint density at radius 2 is 2.00 bits per heavy atom. The molecule has 0 radical (unpaired) electrons. The van der Waals surface area contributed by atoms with Gasteiger partial charge in [-0.25, -0.2) is 4.98 Å². The minimum Gasteiger partial charge on any atom is -0.406 e. The Morgan fingerprint density at radius 3 is 2.64 bits per heavy atom. The number of hydrogen-bond donors (Lipinski definition) is 1. The van der Waals surface area contributed by atoms with Crippen LogP contribution < -0.4 is 4.74 Å². The highest BCUT2D eigenvalue weighted by Crippen LogP contribution is 2.30. The number of ether oxygens (including phenoxy) is 1. The highest BCUT2D eigenvalue weighted by Gasteiger charge is 2.31. The van der Waals surface area contributed by atoms with Gasteiger partial charge in [0.1, 0.15) is 23.2 Å². The Kier molecular flexibility index (Phi) is 3.18. The number of nitrogens with zero attached hydrogens (tertiary/aromatic N) is 3. The van der Waals surface area contributed by atoms with Crippen molar-refractivity contribution in [3.8, 4) is 23.1 Å². The fraction of sp³-hybridized carbons (Fsp3) is 0.0714. The molecule has 2 heterocycles. The van der Waals surface area contributed by atoms with Crippen LogP contribution in [0.15, 0.2) is 36.5 Å². The van der Waals surface area contributed by atoms with Gasteiger partial charge in [0.25, 0.3) is 0 Å². The SMILES string of the molecule is N#Cc1ccc(-c2n[nH]c3cc(OC(F)(F)F)ccc23)cn1. The molecule has 0 aliphatic rings. The number of pyridine rings is 1. The topological polar surface area (TPSA) is 74.6 Å². The summed E-state index contributed by atoms with van der Waals surface area (Å²) < 4.78 is 40.5. The zero-order valence-electron chi connectivity index (χ0n) is 10.8. The molecule has 1 aromatic carbocycles. The molecule has 0 aliphatic heterocycles. The van der Waals surface area contributed by atoms with Crippen molar-refractivity contribution in [2.45, 2.75) is 6.36 Å². The fourth-order valence-corrected chi connectivity index (χ4v) is 2.02. The number of aromatic nitrogens is 3. The van der Waals surface area contributed by atoms with Crippen molar-refractivity contribution < 1.29 is 17.9 Å². The minimum atomic E-state index is -4.74. The van der Waals surface area contributed by atoms with Gasteiger partial charge in [-0.3, -0.25) is 5.10 Å². The Balaban J connectivity index is 2.00. The molecule has 2 aromatic heterocycles. The first kappa shape index (κ1) is 13.9. The lowest BCUT2D eigenvalue weighted by Crippen LogP contribution is -2.16. The maximum atomic E-state index is 12.2. The van der Waals surface area contributed by atoms with Crippen LogP contribution in [0.2, 0.25) is 0 Å². The Morgan fingerprint density at radius 1 is 1.18 bits per heavy atom. The summed E-state index contributed by atoms with van der Waals surface area (Å²) in [7, 11) is 0. The number of nitrogens with one attached hydrogen (secondary N) is 1. The second kappa shape index (κ2) is 5.04.